The van der Waals surface area contributed by atoms with Gasteiger partial charge in [-0.05, 0) is 132 Å². The van der Waals surface area contributed by atoms with Gasteiger partial charge in [0.25, 0.3) is 0 Å². The first-order valence-electron chi connectivity index (χ1n) is 21.3. The number of aromatic nitrogens is 1. The van der Waals surface area contributed by atoms with Gasteiger partial charge in [-0.25, -0.2) is 0 Å². The molecule has 1 aromatic heterocycles. The van der Waals surface area contributed by atoms with Crippen LogP contribution in [0.1, 0.15) is 0 Å². The highest BCUT2D eigenvalue weighted by molar-refractivity contribution is 6.12. The van der Waals surface area contributed by atoms with Gasteiger partial charge in [0.2, 0.25) is 0 Å². The third-order valence-corrected chi connectivity index (χ3v) is 12.5. The maximum Gasteiger partial charge on any atom is 0.0541 e. The van der Waals surface area contributed by atoms with Crippen LogP contribution in [-0.2, 0) is 0 Å². The Hall–Kier alpha value is -8.20. The zero-order valence-corrected chi connectivity index (χ0v) is 34.0. The second-order valence-corrected chi connectivity index (χ2v) is 16.2. The molecule has 0 aliphatic rings. The summed E-state index contributed by atoms with van der Waals surface area (Å²) in [6, 6.07) is 88.6. The molecule has 11 aromatic carbocycles. The maximum absolute atomic E-state index is 2.40. The van der Waals surface area contributed by atoms with Crippen LogP contribution in [0.25, 0.3) is 93.2 Å². The first kappa shape index (κ1) is 35.7. The Labute approximate surface area is 360 Å². The Morgan fingerprint density at radius 3 is 1.60 bits per heavy atom. The molecule has 0 atom stereocenters. The van der Waals surface area contributed by atoms with Gasteiger partial charge in [-0.1, -0.05) is 176 Å². The van der Waals surface area contributed by atoms with Crippen LogP contribution in [0.4, 0.5) is 17.1 Å². The van der Waals surface area contributed by atoms with Crippen LogP contribution in [0, 0.1) is 0 Å². The van der Waals surface area contributed by atoms with Crippen molar-refractivity contribution >= 4 is 71.2 Å². The number of benzene rings is 11. The molecule has 0 saturated carbocycles. The molecule has 0 spiro atoms. The van der Waals surface area contributed by atoms with Gasteiger partial charge in [-0.15, -0.1) is 0 Å². The molecule has 62 heavy (non-hydrogen) atoms. The van der Waals surface area contributed by atoms with Gasteiger partial charge < -0.3 is 9.47 Å². The van der Waals surface area contributed by atoms with Crippen molar-refractivity contribution in [2.75, 3.05) is 4.90 Å². The lowest BCUT2D eigenvalue weighted by atomic mass is 9.94. The predicted molar refractivity (Wildman–Crippen MR) is 264 cm³/mol. The highest BCUT2D eigenvalue weighted by atomic mass is 15.1. The standard InChI is InChI=1S/C60H40N2/c1-2-15-44-38-47(30-29-41(44)13-1)46-17-9-16-45(37-46)42-31-34-49(35-32-42)61(51-20-11-21-52(40-51)62-59-27-7-5-23-57(59)58-24-6-8-28-60(58)62)50-19-10-18-48(39-50)54-25-12-26-55-53-22-4-3-14-43(53)33-36-56(54)55/h1-40H. The summed E-state index contributed by atoms with van der Waals surface area (Å²) < 4.78 is 2.40. The monoisotopic (exact) mass is 788 g/mol. The highest BCUT2D eigenvalue weighted by Gasteiger charge is 2.18. The number of anilines is 3. The Balaban J connectivity index is 0.990. The van der Waals surface area contributed by atoms with Crippen molar-refractivity contribution in [2.24, 2.45) is 0 Å². The molecule has 2 nitrogen and oxygen atoms in total. The second kappa shape index (κ2) is 14.8. The lowest BCUT2D eigenvalue weighted by Gasteiger charge is -2.27. The van der Waals surface area contributed by atoms with Crippen LogP contribution in [0.5, 0.6) is 0 Å². The van der Waals surface area contributed by atoms with Crippen molar-refractivity contribution in [1.82, 2.24) is 4.57 Å². The molecule has 2 heteroatoms. The third kappa shape index (κ3) is 6.12. The SMILES string of the molecule is c1cc(-c2ccc(N(c3cccc(-c4cccc5c4ccc4ccccc45)c3)c3cccc(-n4c5ccccc5c5ccccc54)c3)cc2)cc(-c2ccc3ccccc3c2)c1. The van der Waals surface area contributed by atoms with Gasteiger partial charge in [-0.3, -0.25) is 0 Å². The predicted octanol–water partition coefficient (Wildman–Crippen LogP) is 16.7. The van der Waals surface area contributed by atoms with E-state index in [0.717, 1.165) is 22.7 Å². The fraction of sp³-hybridized carbons (Fsp3) is 0. The summed E-state index contributed by atoms with van der Waals surface area (Å²) >= 11 is 0. The topological polar surface area (TPSA) is 8.17 Å². The summed E-state index contributed by atoms with van der Waals surface area (Å²) in [6.07, 6.45) is 0. The van der Waals surface area contributed by atoms with Gasteiger partial charge in [0, 0.05) is 33.5 Å². The fourth-order valence-corrected chi connectivity index (χ4v) is 9.57. The first-order valence-corrected chi connectivity index (χ1v) is 21.3. The van der Waals surface area contributed by atoms with E-state index in [1.54, 1.807) is 0 Å². The van der Waals surface area contributed by atoms with Gasteiger partial charge in [0.05, 0.1) is 11.0 Å². The molecule has 12 rings (SSSR count). The van der Waals surface area contributed by atoms with E-state index in [4.69, 9.17) is 0 Å². The van der Waals surface area contributed by atoms with Crippen molar-refractivity contribution in [2.45, 2.75) is 0 Å². The number of hydrogen-bond donors (Lipinski definition) is 0. The lowest BCUT2D eigenvalue weighted by molar-refractivity contribution is 1.17. The number of nitrogens with zero attached hydrogens (tertiary/aromatic N) is 2. The Bertz CT molecular complexity index is 3600. The zero-order valence-electron chi connectivity index (χ0n) is 34.0. The van der Waals surface area contributed by atoms with E-state index in [1.165, 1.54) is 87.5 Å². The molecule has 0 bridgehead atoms. The molecule has 0 aliphatic heterocycles. The van der Waals surface area contributed by atoms with E-state index < -0.39 is 0 Å². The molecule has 0 unspecified atom stereocenters. The third-order valence-electron chi connectivity index (χ3n) is 12.5. The zero-order chi connectivity index (χ0) is 41.0. The van der Waals surface area contributed by atoms with Crippen molar-refractivity contribution in [1.29, 1.82) is 0 Å². The Kier molecular flexibility index (Phi) is 8.53. The van der Waals surface area contributed by atoms with E-state index in [9.17, 15) is 0 Å². The van der Waals surface area contributed by atoms with Gasteiger partial charge in [0.15, 0.2) is 0 Å². The van der Waals surface area contributed by atoms with E-state index in [2.05, 4.69) is 252 Å². The Morgan fingerprint density at radius 1 is 0.258 bits per heavy atom. The smallest absolute Gasteiger partial charge is 0.0541 e. The van der Waals surface area contributed by atoms with Crippen LogP contribution in [0.3, 0.4) is 0 Å². The number of hydrogen-bond acceptors (Lipinski definition) is 1. The van der Waals surface area contributed by atoms with Crippen LogP contribution in [-0.4, -0.2) is 4.57 Å². The molecule has 290 valence electrons. The summed E-state index contributed by atoms with van der Waals surface area (Å²) in [6.45, 7) is 0. The minimum Gasteiger partial charge on any atom is -0.310 e. The largest absolute Gasteiger partial charge is 0.310 e. The lowest BCUT2D eigenvalue weighted by Crippen LogP contribution is -2.10. The van der Waals surface area contributed by atoms with Crippen molar-refractivity contribution in [3.8, 4) is 39.1 Å². The minimum absolute atomic E-state index is 1.08. The van der Waals surface area contributed by atoms with Gasteiger partial charge in [0.1, 0.15) is 0 Å². The van der Waals surface area contributed by atoms with E-state index >= 15 is 0 Å². The molecule has 0 N–H and O–H groups in total. The van der Waals surface area contributed by atoms with E-state index in [1.807, 2.05) is 0 Å². The number of fused-ring (bicyclic) bond motifs is 7. The molecular weight excluding hydrogens is 749 g/mol. The Morgan fingerprint density at radius 2 is 0.806 bits per heavy atom. The van der Waals surface area contributed by atoms with Crippen LogP contribution < -0.4 is 4.90 Å². The van der Waals surface area contributed by atoms with Gasteiger partial charge in [-0.2, -0.15) is 0 Å². The average molecular weight is 789 g/mol. The average Bonchev–Trinajstić information content (AvgIpc) is 3.68. The summed E-state index contributed by atoms with van der Waals surface area (Å²) in [5, 5.41) is 10.0. The quantitative estimate of drug-likeness (QED) is 0.146. The first-order chi connectivity index (χ1) is 30.7. The number of rotatable bonds is 7. The minimum atomic E-state index is 1.08. The van der Waals surface area contributed by atoms with Crippen LogP contribution >= 0.6 is 0 Å². The summed E-state index contributed by atoms with van der Waals surface area (Å²) in [5.74, 6) is 0. The molecule has 0 fully saturated rings. The summed E-state index contributed by atoms with van der Waals surface area (Å²) in [7, 11) is 0. The van der Waals surface area contributed by atoms with E-state index in [0.29, 0.717) is 0 Å². The second-order valence-electron chi connectivity index (χ2n) is 16.2. The number of para-hydroxylation sites is 2. The van der Waals surface area contributed by atoms with Gasteiger partial charge >= 0.3 is 0 Å². The van der Waals surface area contributed by atoms with E-state index in [-0.39, 0.29) is 0 Å². The molecule has 0 aliphatic carbocycles. The van der Waals surface area contributed by atoms with Crippen molar-refractivity contribution in [3.05, 3.63) is 243 Å². The highest BCUT2D eigenvalue weighted by Crippen LogP contribution is 2.41. The molecule has 0 amide bonds. The summed E-state index contributed by atoms with van der Waals surface area (Å²) in [5.41, 5.74) is 13.9. The molecule has 0 saturated heterocycles. The normalized spacial score (nSPS) is 11.5. The molecule has 0 radical (unpaired) electrons. The summed E-state index contributed by atoms with van der Waals surface area (Å²) in [4.78, 5) is 2.40. The molecular formula is C60H40N2. The van der Waals surface area contributed by atoms with Crippen LogP contribution in [0.2, 0.25) is 0 Å². The molecule has 1 heterocycles. The van der Waals surface area contributed by atoms with Crippen molar-refractivity contribution < 1.29 is 0 Å². The van der Waals surface area contributed by atoms with Crippen LogP contribution in [0.15, 0.2) is 243 Å². The molecule has 12 aromatic rings. The maximum atomic E-state index is 2.40. The fourth-order valence-electron chi connectivity index (χ4n) is 9.57. The van der Waals surface area contributed by atoms with Crippen molar-refractivity contribution in [3.63, 3.8) is 0 Å².